The number of carbonyl (C=O) groups is 1. The molecule has 90 valence electrons. The highest BCUT2D eigenvalue weighted by Crippen LogP contribution is 2.33. The molecule has 0 atom stereocenters. The SMILES string of the molecule is CC(C)(CO)CCC(C)(C)CCC(=O)O. The highest BCUT2D eigenvalue weighted by Gasteiger charge is 2.24. The van der Waals surface area contributed by atoms with Gasteiger partial charge in [-0.2, -0.15) is 0 Å². The molecule has 0 aromatic rings. The van der Waals surface area contributed by atoms with Gasteiger partial charge in [-0.1, -0.05) is 27.7 Å². The van der Waals surface area contributed by atoms with Crippen LogP contribution in [0.5, 0.6) is 0 Å². The van der Waals surface area contributed by atoms with E-state index in [4.69, 9.17) is 10.2 Å². The van der Waals surface area contributed by atoms with Gasteiger partial charge in [-0.15, -0.1) is 0 Å². The van der Waals surface area contributed by atoms with E-state index in [9.17, 15) is 4.79 Å². The van der Waals surface area contributed by atoms with E-state index in [0.29, 0.717) is 6.42 Å². The summed E-state index contributed by atoms with van der Waals surface area (Å²) in [6.07, 6.45) is 2.81. The summed E-state index contributed by atoms with van der Waals surface area (Å²) in [6.45, 7) is 8.41. The molecule has 0 aliphatic carbocycles. The number of hydrogen-bond donors (Lipinski definition) is 2. The zero-order valence-electron chi connectivity index (χ0n) is 10.3. The number of carboxylic acid groups (broad SMARTS) is 1. The fraction of sp³-hybridized carbons (Fsp3) is 0.917. The molecule has 0 bridgehead atoms. The van der Waals surface area contributed by atoms with Crippen molar-refractivity contribution in [1.29, 1.82) is 0 Å². The van der Waals surface area contributed by atoms with Gasteiger partial charge in [0.05, 0.1) is 0 Å². The lowest BCUT2D eigenvalue weighted by Gasteiger charge is -2.29. The van der Waals surface area contributed by atoms with Crippen LogP contribution in [0, 0.1) is 10.8 Å². The van der Waals surface area contributed by atoms with Gasteiger partial charge in [0, 0.05) is 13.0 Å². The molecule has 15 heavy (non-hydrogen) atoms. The Bertz CT molecular complexity index is 207. The Hall–Kier alpha value is -0.570. The van der Waals surface area contributed by atoms with Crippen LogP contribution in [-0.4, -0.2) is 22.8 Å². The van der Waals surface area contributed by atoms with E-state index < -0.39 is 5.97 Å². The highest BCUT2D eigenvalue weighted by molar-refractivity contribution is 5.66. The van der Waals surface area contributed by atoms with E-state index in [1.54, 1.807) is 0 Å². The Morgan fingerprint density at radius 3 is 1.87 bits per heavy atom. The van der Waals surface area contributed by atoms with Gasteiger partial charge < -0.3 is 10.2 Å². The quantitative estimate of drug-likeness (QED) is 0.688. The smallest absolute Gasteiger partial charge is 0.303 e. The molecule has 3 nitrogen and oxygen atoms in total. The summed E-state index contributed by atoms with van der Waals surface area (Å²) in [7, 11) is 0. The summed E-state index contributed by atoms with van der Waals surface area (Å²) >= 11 is 0. The molecule has 0 unspecified atom stereocenters. The summed E-state index contributed by atoms with van der Waals surface area (Å²) in [4.78, 5) is 10.5. The van der Waals surface area contributed by atoms with Gasteiger partial charge in [0.25, 0.3) is 0 Å². The monoisotopic (exact) mass is 216 g/mol. The maximum absolute atomic E-state index is 10.5. The fourth-order valence-corrected chi connectivity index (χ4v) is 1.33. The van der Waals surface area contributed by atoms with E-state index in [-0.39, 0.29) is 23.9 Å². The summed E-state index contributed by atoms with van der Waals surface area (Å²) in [5, 5.41) is 17.7. The lowest BCUT2D eigenvalue weighted by Crippen LogP contribution is -2.21. The normalized spacial score (nSPS) is 12.9. The van der Waals surface area contributed by atoms with Crippen LogP contribution in [-0.2, 0) is 4.79 Å². The van der Waals surface area contributed by atoms with E-state index in [1.807, 2.05) is 13.8 Å². The third-order valence-corrected chi connectivity index (χ3v) is 2.92. The third kappa shape index (κ3) is 7.37. The molecule has 0 fully saturated rings. The van der Waals surface area contributed by atoms with Crippen LogP contribution < -0.4 is 0 Å². The second-order valence-corrected chi connectivity index (χ2v) is 5.88. The van der Waals surface area contributed by atoms with E-state index in [2.05, 4.69) is 13.8 Å². The Morgan fingerprint density at radius 1 is 1.00 bits per heavy atom. The molecule has 0 saturated heterocycles. The third-order valence-electron chi connectivity index (χ3n) is 2.92. The Labute approximate surface area is 92.5 Å². The molecule has 0 aliphatic rings. The molecule has 0 aromatic carbocycles. The number of aliphatic carboxylic acids is 1. The van der Waals surface area contributed by atoms with Crippen molar-refractivity contribution in [2.45, 2.75) is 53.4 Å². The van der Waals surface area contributed by atoms with Crippen molar-refractivity contribution in [2.24, 2.45) is 10.8 Å². The van der Waals surface area contributed by atoms with Gasteiger partial charge in [0.15, 0.2) is 0 Å². The molecule has 3 heteroatoms. The molecular formula is C12H24O3. The Balaban J connectivity index is 3.98. The minimum absolute atomic E-state index is 0.0465. The van der Waals surface area contributed by atoms with Gasteiger partial charge in [-0.3, -0.25) is 4.79 Å². The molecule has 0 saturated carbocycles. The van der Waals surface area contributed by atoms with Crippen molar-refractivity contribution < 1.29 is 15.0 Å². The van der Waals surface area contributed by atoms with Gasteiger partial charge in [-0.05, 0) is 30.1 Å². The van der Waals surface area contributed by atoms with Crippen LogP contribution in [0.25, 0.3) is 0 Å². The lowest BCUT2D eigenvalue weighted by molar-refractivity contribution is -0.137. The van der Waals surface area contributed by atoms with Crippen molar-refractivity contribution in [3.8, 4) is 0 Å². The summed E-state index contributed by atoms with van der Waals surface area (Å²) in [6, 6.07) is 0. The van der Waals surface area contributed by atoms with Crippen molar-refractivity contribution in [1.82, 2.24) is 0 Å². The first kappa shape index (κ1) is 14.4. The summed E-state index contributed by atoms with van der Waals surface area (Å²) in [5.74, 6) is -0.732. The molecule has 0 amide bonds. The number of hydrogen-bond acceptors (Lipinski definition) is 2. The maximum atomic E-state index is 10.5. The molecular weight excluding hydrogens is 192 g/mol. The fourth-order valence-electron chi connectivity index (χ4n) is 1.33. The standard InChI is InChI=1S/C12H24O3/c1-11(2,6-5-10(14)15)7-8-12(3,4)9-13/h13H,5-9H2,1-4H3,(H,14,15). The molecule has 0 aliphatic heterocycles. The Morgan fingerprint density at radius 2 is 1.47 bits per heavy atom. The second kappa shape index (κ2) is 5.50. The van der Waals surface area contributed by atoms with Crippen LogP contribution in [0.3, 0.4) is 0 Å². The summed E-state index contributed by atoms with van der Waals surface area (Å²) < 4.78 is 0. The van der Waals surface area contributed by atoms with E-state index >= 15 is 0 Å². The molecule has 0 spiro atoms. The van der Waals surface area contributed by atoms with Gasteiger partial charge in [0.1, 0.15) is 0 Å². The van der Waals surface area contributed by atoms with E-state index in [0.717, 1.165) is 12.8 Å². The number of carboxylic acids is 1. The van der Waals surface area contributed by atoms with E-state index in [1.165, 1.54) is 0 Å². The largest absolute Gasteiger partial charge is 0.481 e. The zero-order valence-corrected chi connectivity index (χ0v) is 10.3. The lowest BCUT2D eigenvalue weighted by atomic mass is 9.77. The molecule has 0 rings (SSSR count). The van der Waals surface area contributed by atoms with Gasteiger partial charge in [-0.25, -0.2) is 0 Å². The maximum Gasteiger partial charge on any atom is 0.303 e. The zero-order chi connectivity index (χ0) is 12.1. The predicted molar refractivity (Wildman–Crippen MR) is 60.8 cm³/mol. The van der Waals surface area contributed by atoms with Gasteiger partial charge >= 0.3 is 5.97 Å². The average Bonchev–Trinajstić information content (AvgIpc) is 2.13. The number of rotatable bonds is 7. The first-order valence-electron chi connectivity index (χ1n) is 5.51. The first-order chi connectivity index (χ1) is 6.68. The molecule has 0 heterocycles. The first-order valence-corrected chi connectivity index (χ1v) is 5.51. The molecule has 0 aromatic heterocycles. The average molecular weight is 216 g/mol. The molecule has 0 radical (unpaired) electrons. The predicted octanol–water partition coefficient (Wildman–Crippen LogP) is 2.68. The second-order valence-electron chi connectivity index (χ2n) is 5.88. The van der Waals surface area contributed by atoms with Crippen molar-refractivity contribution in [3.63, 3.8) is 0 Å². The minimum atomic E-state index is -0.732. The van der Waals surface area contributed by atoms with Crippen LogP contribution in [0.15, 0.2) is 0 Å². The van der Waals surface area contributed by atoms with Crippen LogP contribution in [0.2, 0.25) is 0 Å². The minimum Gasteiger partial charge on any atom is -0.481 e. The number of aliphatic hydroxyl groups is 1. The number of aliphatic hydroxyl groups excluding tert-OH is 1. The molecule has 2 N–H and O–H groups in total. The Kier molecular flexibility index (Phi) is 5.29. The van der Waals surface area contributed by atoms with Crippen molar-refractivity contribution >= 4 is 5.97 Å². The highest BCUT2D eigenvalue weighted by atomic mass is 16.4. The van der Waals surface area contributed by atoms with Crippen LogP contribution in [0.1, 0.15) is 53.4 Å². The van der Waals surface area contributed by atoms with Crippen LogP contribution in [0.4, 0.5) is 0 Å². The van der Waals surface area contributed by atoms with Crippen LogP contribution >= 0.6 is 0 Å². The van der Waals surface area contributed by atoms with Crippen molar-refractivity contribution in [2.75, 3.05) is 6.61 Å². The van der Waals surface area contributed by atoms with Crippen molar-refractivity contribution in [3.05, 3.63) is 0 Å². The topological polar surface area (TPSA) is 57.5 Å². The van der Waals surface area contributed by atoms with Gasteiger partial charge in [0.2, 0.25) is 0 Å². The summed E-state index contributed by atoms with van der Waals surface area (Å²) in [5.41, 5.74) is -0.00861.